The first-order chi connectivity index (χ1) is 9.34. The molecule has 0 aliphatic carbocycles. The number of carboxylic acid groups (broad SMARTS) is 1. The number of benzene rings is 1. The van der Waals surface area contributed by atoms with Crippen LogP contribution in [0.4, 0.5) is 0 Å². The normalized spacial score (nSPS) is 23.8. The zero-order chi connectivity index (χ0) is 14.9. The van der Waals surface area contributed by atoms with Crippen LogP contribution in [-0.4, -0.2) is 28.1 Å². The van der Waals surface area contributed by atoms with Gasteiger partial charge >= 0.3 is 5.97 Å². The highest BCUT2D eigenvalue weighted by Gasteiger charge is 2.41. The van der Waals surface area contributed by atoms with Crippen LogP contribution in [-0.2, 0) is 11.3 Å². The average Bonchev–Trinajstić information content (AvgIpc) is 2.35. The fourth-order valence-corrected chi connectivity index (χ4v) is 3.32. The van der Waals surface area contributed by atoms with Gasteiger partial charge in [-0.1, -0.05) is 17.7 Å². The van der Waals surface area contributed by atoms with Gasteiger partial charge in [-0.05, 0) is 70.2 Å². The molecule has 0 spiro atoms. The van der Waals surface area contributed by atoms with Gasteiger partial charge in [-0.3, -0.25) is 9.69 Å². The summed E-state index contributed by atoms with van der Waals surface area (Å²) < 4.78 is 0. The first-order valence-electron chi connectivity index (χ1n) is 7.40. The number of aryl methyl sites for hydroxylation is 3. The predicted octanol–water partition coefficient (Wildman–Crippen LogP) is 3.44. The van der Waals surface area contributed by atoms with Crippen molar-refractivity contribution in [3.05, 3.63) is 34.4 Å². The number of rotatable bonds is 3. The number of piperidine rings is 1. The minimum Gasteiger partial charge on any atom is -0.480 e. The molecule has 1 saturated heterocycles. The van der Waals surface area contributed by atoms with Gasteiger partial charge in [0.2, 0.25) is 0 Å². The standard InChI is InChI=1S/C17H25NO2/c1-12-9-13(2)15(14(3)10-12)11-18-8-6-5-7-17(18,4)16(19)20/h9-10H,5-8,11H2,1-4H3,(H,19,20). The molecule has 3 heteroatoms. The van der Waals surface area contributed by atoms with Gasteiger partial charge in [0.1, 0.15) is 5.54 Å². The molecule has 1 aromatic carbocycles. The quantitative estimate of drug-likeness (QED) is 0.918. The first kappa shape index (κ1) is 15.0. The van der Waals surface area contributed by atoms with E-state index in [9.17, 15) is 9.90 Å². The van der Waals surface area contributed by atoms with Crippen molar-refractivity contribution >= 4 is 5.97 Å². The first-order valence-corrected chi connectivity index (χ1v) is 7.40. The Balaban J connectivity index is 2.30. The van der Waals surface area contributed by atoms with Gasteiger partial charge in [-0.2, -0.15) is 0 Å². The SMILES string of the molecule is Cc1cc(C)c(CN2CCCCC2(C)C(=O)O)c(C)c1. The van der Waals surface area contributed by atoms with Crippen molar-refractivity contribution in [1.82, 2.24) is 4.90 Å². The molecule has 1 aliphatic heterocycles. The summed E-state index contributed by atoms with van der Waals surface area (Å²) in [5.74, 6) is -0.695. The summed E-state index contributed by atoms with van der Waals surface area (Å²) >= 11 is 0. The highest BCUT2D eigenvalue weighted by Crippen LogP contribution is 2.31. The molecule has 110 valence electrons. The van der Waals surface area contributed by atoms with E-state index in [4.69, 9.17) is 0 Å². The molecule has 20 heavy (non-hydrogen) atoms. The lowest BCUT2D eigenvalue weighted by Crippen LogP contribution is -2.54. The number of hydrogen-bond donors (Lipinski definition) is 1. The maximum Gasteiger partial charge on any atom is 0.323 e. The molecule has 0 bridgehead atoms. The van der Waals surface area contributed by atoms with E-state index in [1.807, 2.05) is 6.92 Å². The van der Waals surface area contributed by atoms with Crippen LogP contribution in [0, 0.1) is 20.8 Å². The largest absolute Gasteiger partial charge is 0.480 e. The maximum atomic E-state index is 11.7. The summed E-state index contributed by atoms with van der Waals surface area (Å²) in [6, 6.07) is 4.37. The van der Waals surface area contributed by atoms with Crippen LogP contribution in [0.3, 0.4) is 0 Å². The van der Waals surface area contributed by atoms with Crippen LogP contribution >= 0.6 is 0 Å². The van der Waals surface area contributed by atoms with Crippen molar-refractivity contribution in [3.63, 3.8) is 0 Å². The third-order valence-corrected chi connectivity index (χ3v) is 4.69. The third-order valence-electron chi connectivity index (χ3n) is 4.69. The van der Waals surface area contributed by atoms with Crippen LogP contribution in [0.2, 0.25) is 0 Å². The van der Waals surface area contributed by atoms with Crippen LogP contribution in [0.5, 0.6) is 0 Å². The van der Waals surface area contributed by atoms with Gasteiger partial charge < -0.3 is 5.11 Å². The van der Waals surface area contributed by atoms with E-state index in [0.29, 0.717) is 0 Å². The van der Waals surface area contributed by atoms with E-state index < -0.39 is 11.5 Å². The van der Waals surface area contributed by atoms with Crippen LogP contribution in [0.25, 0.3) is 0 Å². The van der Waals surface area contributed by atoms with E-state index in [-0.39, 0.29) is 0 Å². The van der Waals surface area contributed by atoms with Crippen LogP contribution in [0.1, 0.15) is 48.4 Å². The van der Waals surface area contributed by atoms with E-state index >= 15 is 0 Å². The number of likely N-dealkylation sites (tertiary alicyclic amines) is 1. The third kappa shape index (κ3) is 2.73. The van der Waals surface area contributed by atoms with E-state index in [1.54, 1.807) is 0 Å². The predicted molar refractivity (Wildman–Crippen MR) is 81.0 cm³/mol. The second-order valence-corrected chi connectivity index (χ2v) is 6.33. The number of hydrogen-bond acceptors (Lipinski definition) is 2. The van der Waals surface area contributed by atoms with Crippen LogP contribution in [0.15, 0.2) is 12.1 Å². The number of carbonyl (C=O) groups is 1. The Labute approximate surface area is 121 Å². The smallest absolute Gasteiger partial charge is 0.323 e. The summed E-state index contributed by atoms with van der Waals surface area (Å²) in [4.78, 5) is 13.8. The fourth-order valence-electron chi connectivity index (χ4n) is 3.32. The van der Waals surface area contributed by atoms with Gasteiger partial charge in [0.25, 0.3) is 0 Å². The molecule has 1 unspecified atom stereocenters. The number of carboxylic acids is 1. The van der Waals surface area contributed by atoms with Crippen molar-refractivity contribution in [2.75, 3.05) is 6.54 Å². The molecule has 1 atom stereocenters. The second-order valence-electron chi connectivity index (χ2n) is 6.33. The van der Waals surface area contributed by atoms with Gasteiger partial charge in [-0.15, -0.1) is 0 Å². The van der Waals surface area contributed by atoms with Gasteiger partial charge in [0.05, 0.1) is 0 Å². The molecular weight excluding hydrogens is 250 g/mol. The molecule has 3 nitrogen and oxygen atoms in total. The lowest BCUT2D eigenvalue weighted by atomic mass is 9.87. The monoisotopic (exact) mass is 275 g/mol. The molecular formula is C17H25NO2. The lowest BCUT2D eigenvalue weighted by molar-refractivity contribution is -0.153. The van der Waals surface area contributed by atoms with Gasteiger partial charge in [0, 0.05) is 6.54 Å². The molecule has 0 saturated carbocycles. The summed E-state index contributed by atoms with van der Waals surface area (Å²) in [6.07, 6.45) is 2.84. The molecule has 2 rings (SSSR count). The molecule has 1 heterocycles. The fraction of sp³-hybridized carbons (Fsp3) is 0.588. The molecule has 0 radical (unpaired) electrons. The molecule has 1 aromatic rings. The zero-order valence-electron chi connectivity index (χ0n) is 13.0. The number of aliphatic carboxylic acids is 1. The summed E-state index contributed by atoms with van der Waals surface area (Å²) in [7, 11) is 0. The van der Waals surface area contributed by atoms with Gasteiger partial charge in [0.15, 0.2) is 0 Å². The Morgan fingerprint density at radius 2 is 1.85 bits per heavy atom. The van der Waals surface area contributed by atoms with E-state index in [2.05, 4.69) is 37.8 Å². The van der Waals surface area contributed by atoms with Crippen molar-refractivity contribution in [1.29, 1.82) is 0 Å². The topological polar surface area (TPSA) is 40.5 Å². The Kier molecular flexibility index (Phi) is 4.19. The summed E-state index contributed by atoms with van der Waals surface area (Å²) in [5.41, 5.74) is 4.36. The van der Waals surface area contributed by atoms with E-state index in [0.717, 1.165) is 32.4 Å². The minimum absolute atomic E-state index is 0.695. The zero-order valence-corrected chi connectivity index (χ0v) is 13.0. The number of nitrogens with zero attached hydrogens (tertiary/aromatic N) is 1. The van der Waals surface area contributed by atoms with Crippen molar-refractivity contribution in [2.45, 2.75) is 59.0 Å². The Morgan fingerprint density at radius 3 is 2.40 bits per heavy atom. The Morgan fingerprint density at radius 1 is 1.25 bits per heavy atom. The highest BCUT2D eigenvalue weighted by molar-refractivity contribution is 5.78. The summed E-state index contributed by atoms with van der Waals surface area (Å²) in [6.45, 7) is 9.82. The minimum atomic E-state index is -0.720. The average molecular weight is 275 g/mol. The molecule has 1 aliphatic rings. The highest BCUT2D eigenvalue weighted by atomic mass is 16.4. The summed E-state index contributed by atoms with van der Waals surface area (Å²) in [5, 5.41) is 9.59. The van der Waals surface area contributed by atoms with Crippen molar-refractivity contribution in [3.8, 4) is 0 Å². The van der Waals surface area contributed by atoms with Crippen molar-refractivity contribution in [2.24, 2.45) is 0 Å². The van der Waals surface area contributed by atoms with Crippen molar-refractivity contribution < 1.29 is 9.90 Å². The maximum absolute atomic E-state index is 11.7. The van der Waals surface area contributed by atoms with Gasteiger partial charge in [-0.25, -0.2) is 0 Å². The Bertz CT molecular complexity index is 501. The molecule has 0 amide bonds. The molecule has 1 N–H and O–H groups in total. The Hall–Kier alpha value is -1.35. The van der Waals surface area contributed by atoms with Crippen LogP contribution < -0.4 is 0 Å². The van der Waals surface area contributed by atoms with E-state index in [1.165, 1.54) is 22.3 Å². The lowest BCUT2D eigenvalue weighted by Gasteiger charge is -2.42. The molecule has 1 fully saturated rings. The second kappa shape index (κ2) is 5.57. The molecule has 0 aromatic heterocycles.